The fourth-order valence-electron chi connectivity index (χ4n) is 1.96. The van der Waals surface area contributed by atoms with E-state index in [9.17, 15) is 13.2 Å². The summed E-state index contributed by atoms with van der Waals surface area (Å²) in [6, 6.07) is 11.0. The maximum atomic E-state index is 12.4. The van der Waals surface area contributed by atoms with Crippen LogP contribution in [0.4, 0.5) is 18.9 Å². The molecule has 0 radical (unpaired) electrons. The number of hydrogen-bond acceptors (Lipinski definition) is 2. The van der Waals surface area contributed by atoms with E-state index < -0.39 is 6.36 Å². The van der Waals surface area contributed by atoms with Crippen LogP contribution < -0.4 is 9.64 Å². The van der Waals surface area contributed by atoms with Crippen LogP contribution in [0.25, 0.3) is 11.1 Å². The van der Waals surface area contributed by atoms with E-state index in [1.165, 1.54) is 12.1 Å². The lowest BCUT2D eigenvalue weighted by Crippen LogP contribution is -2.17. The summed E-state index contributed by atoms with van der Waals surface area (Å²) in [5, 5.41) is 0.458. The highest BCUT2D eigenvalue weighted by Gasteiger charge is 2.32. The third-order valence-corrected chi connectivity index (χ3v) is 3.16. The summed E-state index contributed by atoms with van der Waals surface area (Å²) in [5.41, 5.74) is 1.68. The predicted molar refractivity (Wildman–Crippen MR) is 77.9 cm³/mol. The molecular weight excluding hydrogens is 303 g/mol. The second-order valence-corrected chi connectivity index (χ2v) is 5.01. The maximum Gasteiger partial charge on any atom is 0.573 e. The number of hydrogen-bond donors (Lipinski definition) is 0. The van der Waals surface area contributed by atoms with E-state index in [0.717, 1.165) is 5.69 Å². The van der Waals surface area contributed by atoms with Gasteiger partial charge in [-0.1, -0.05) is 35.9 Å². The molecule has 112 valence electrons. The molecule has 0 heterocycles. The van der Waals surface area contributed by atoms with Crippen LogP contribution in [0.2, 0.25) is 5.02 Å². The number of halogens is 4. The van der Waals surface area contributed by atoms with Crippen molar-refractivity contribution in [1.29, 1.82) is 0 Å². The zero-order valence-corrected chi connectivity index (χ0v) is 12.2. The van der Waals surface area contributed by atoms with Gasteiger partial charge in [0.2, 0.25) is 0 Å². The average molecular weight is 316 g/mol. The Bertz CT molecular complexity index is 641. The van der Waals surface area contributed by atoms with Gasteiger partial charge in [0, 0.05) is 19.7 Å². The van der Waals surface area contributed by atoms with Crippen LogP contribution in [-0.2, 0) is 0 Å². The van der Waals surface area contributed by atoms with Crippen LogP contribution >= 0.6 is 11.6 Å². The van der Waals surface area contributed by atoms with Crippen molar-refractivity contribution in [2.75, 3.05) is 19.0 Å². The van der Waals surface area contributed by atoms with Crippen LogP contribution in [0.15, 0.2) is 42.5 Å². The Morgan fingerprint density at radius 1 is 1.05 bits per heavy atom. The molecule has 0 saturated heterocycles. The summed E-state index contributed by atoms with van der Waals surface area (Å²) in [6.45, 7) is 0. The number of anilines is 1. The number of para-hydroxylation sites is 1. The fourth-order valence-corrected chi connectivity index (χ4v) is 2.31. The molecule has 0 spiro atoms. The molecule has 0 aliphatic carbocycles. The first-order valence-electron chi connectivity index (χ1n) is 6.10. The van der Waals surface area contributed by atoms with Crippen molar-refractivity contribution in [3.63, 3.8) is 0 Å². The first kappa shape index (κ1) is 15.5. The van der Waals surface area contributed by atoms with Gasteiger partial charge in [0.1, 0.15) is 5.75 Å². The Kier molecular flexibility index (Phi) is 4.32. The lowest BCUT2D eigenvalue weighted by atomic mass is 10.0. The Hall–Kier alpha value is -1.88. The van der Waals surface area contributed by atoms with Gasteiger partial charge in [-0.2, -0.15) is 0 Å². The van der Waals surface area contributed by atoms with Crippen molar-refractivity contribution in [2.45, 2.75) is 6.36 Å². The van der Waals surface area contributed by atoms with Crippen molar-refractivity contribution in [3.8, 4) is 16.9 Å². The van der Waals surface area contributed by atoms with Crippen molar-refractivity contribution < 1.29 is 17.9 Å². The molecule has 0 aliphatic heterocycles. The Morgan fingerprint density at radius 2 is 1.71 bits per heavy atom. The summed E-state index contributed by atoms with van der Waals surface area (Å²) >= 11 is 6.16. The van der Waals surface area contributed by atoms with Crippen LogP contribution in [0.3, 0.4) is 0 Å². The van der Waals surface area contributed by atoms with Crippen LogP contribution in [0, 0.1) is 0 Å². The zero-order chi connectivity index (χ0) is 15.6. The highest BCUT2D eigenvalue weighted by molar-refractivity contribution is 6.33. The molecule has 0 atom stereocenters. The third kappa shape index (κ3) is 3.82. The molecule has 0 aromatic heterocycles. The number of alkyl halides is 3. The highest BCUT2D eigenvalue weighted by atomic mass is 35.5. The first-order chi connectivity index (χ1) is 9.78. The molecule has 2 aromatic rings. The highest BCUT2D eigenvalue weighted by Crippen LogP contribution is 2.36. The van der Waals surface area contributed by atoms with Gasteiger partial charge in [0.05, 0.1) is 10.7 Å². The summed E-state index contributed by atoms with van der Waals surface area (Å²) in [5.74, 6) is -0.251. The molecule has 21 heavy (non-hydrogen) atoms. The van der Waals surface area contributed by atoms with Gasteiger partial charge in [-0.15, -0.1) is 13.2 Å². The fraction of sp³-hybridized carbons (Fsp3) is 0.200. The van der Waals surface area contributed by atoms with E-state index >= 15 is 0 Å². The molecule has 6 heteroatoms. The van der Waals surface area contributed by atoms with Crippen molar-refractivity contribution >= 4 is 17.3 Å². The van der Waals surface area contributed by atoms with Gasteiger partial charge in [-0.05, 0) is 23.8 Å². The molecule has 0 fully saturated rings. The van der Waals surface area contributed by atoms with Gasteiger partial charge in [0.25, 0.3) is 0 Å². The molecule has 0 saturated carbocycles. The van der Waals surface area contributed by atoms with E-state index in [0.29, 0.717) is 16.1 Å². The Balaban J connectivity index is 2.45. The van der Waals surface area contributed by atoms with Gasteiger partial charge < -0.3 is 9.64 Å². The molecular formula is C15H13ClF3NO. The van der Waals surface area contributed by atoms with E-state index in [2.05, 4.69) is 4.74 Å². The second kappa shape index (κ2) is 5.85. The lowest BCUT2D eigenvalue weighted by molar-refractivity contribution is -0.274. The van der Waals surface area contributed by atoms with E-state index in [1.54, 1.807) is 30.3 Å². The van der Waals surface area contributed by atoms with Gasteiger partial charge in [-0.25, -0.2) is 0 Å². The van der Waals surface area contributed by atoms with E-state index in [1.807, 2.05) is 19.0 Å². The van der Waals surface area contributed by atoms with Crippen molar-refractivity contribution in [1.82, 2.24) is 0 Å². The molecule has 0 amide bonds. The number of nitrogens with zero attached hydrogens (tertiary/aromatic N) is 1. The van der Waals surface area contributed by atoms with Crippen molar-refractivity contribution in [3.05, 3.63) is 47.5 Å². The summed E-state index contributed by atoms with van der Waals surface area (Å²) < 4.78 is 41.3. The zero-order valence-electron chi connectivity index (χ0n) is 11.4. The van der Waals surface area contributed by atoms with Crippen LogP contribution in [-0.4, -0.2) is 20.5 Å². The van der Waals surface area contributed by atoms with Gasteiger partial charge >= 0.3 is 6.36 Å². The van der Waals surface area contributed by atoms with Crippen LogP contribution in [0.5, 0.6) is 5.75 Å². The normalized spacial score (nSPS) is 11.3. The predicted octanol–water partition coefficient (Wildman–Crippen LogP) is 4.97. The molecule has 2 aromatic carbocycles. The monoisotopic (exact) mass is 315 g/mol. The summed E-state index contributed by atoms with van der Waals surface area (Å²) in [4.78, 5) is 1.82. The first-order valence-corrected chi connectivity index (χ1v) is 6.48. The SMILES string of the molecule is CN(C)c1ccc(-c2ccccc2OC(F)(F)F)cc1Cl. The van der Waals surface area contributed by atoms with Gasteiger partial charge in [0.15, 0.2) is 0 Å². The minimum atomic E-state index is -4.73. The third-order valence-electron chi connectivity index (χ3n) is 2.85. The number of ether oxygens (including phenoxy) is 1. The number of benzene rings is 2. The average Bonchev–Trinajstić information content (AvgIpc) is 2.36. The summed E-state index contributed by atoms with van der Waals surface area (Å²) in [7, 11) is 3.67. The Morgan fingerprint density at radius 3 is 2.29 bits per heavy atom. The molecule has 0 unspecified atom stereocenters. The Labute approximate surface area is 125 Å². The number of rotatable bonds is 3. The second-order valence-electron chi connectivity index (χ2n) is 4.60. The quantitative estimate of drug-likeness (QED) is 0.792. The topological polar surface area (TPSA) is 12.5 Å². The maximum absolute atomic E-state index is 12.4. The molecule has 2 nitrogen and oxygen atoms in total. The standard InChI is InChI=1S/C15H13ClF3NO/c1-20(2)13-8-7-10(9-12(13)16)11-5-3-4-6-14(11)21-15(17,18)19/h3-9H,1-2H3. The molecule has 2 rings (SSSR count). The largest absolute Gasteiger partial charge is 0.573 e. The molecule has 0 N–H and O–H groups in total. The van der Waals surface area contributed by atoms with E-state index in [4.69, 9.17) is 11.6 Å². The minimum Gasteiger partial charge on any atom is -0.405 e. The van der Waals surface area contributed by atoms with Gasteiger partial charge in [-0.3, -0.25) is 0 Å². The lowest BCUT2D eigenvalue weighted by Gasteiger charge is -2.17. The smallest absolute Gasteiger partial charge is 0.405 e. The molecule has 0 bridgehead atoms. The van der Waals surface area contributed by atoms with E-state index in [-0.39, 0.29) is 5.75 Å². The minimum absolute atomic E-state index is 0.251. The van der Waals surface area contributed by atoms with Crippen LogP contribution in [0.1, 0.15) is 0 Å². The summed E-state index contributed by atoms with van der Waals surface area (Å²) in [6.07, 6.45) is -4.73. The molecule has 0 aliphatic rings. The van der Waals surface area contributed by atoms with Crippen molar-refractivity contribution in [2.24, 2.45) is 0 Å².